The van der Waals surface area contributed by atoms with Gasteiger partial charge in [0.2, 0.25) is 10.0 Å². The van der Waals surface area contributed by atoms with E-state index in [1.165, 1.54) is 26.2 Å². The summed E-state index contributed by atoms with van der Waals surface area (Å²) < 4.78 is 31.4. The summed E-state index contributed by atoms with van der Waals surface area (Å²) in [5.74, 6) is 0.976. The van der Waals surface area contributed by atoms with Gasteiger partial charge in [0.05, 0.1) is 11.5 Å². The van der Waals surface area contributed by atoms with Gasteiger partial charge in [0, 0.05) is 25.3 Å². The van der Waals surface area contributed by atoms with Crippen LogP contribution >= 0.6 is 0 Å². The monoisotopic (exact) mass is 404 g/mol. The molecule has 0 bridgehead atoms. The number of hydrogen-bond donors (Lipinski definition) is 1. The molecule has 6 nitrogen and oxygen atoms in total. The van der Waals surface area contributed by atoms with Crippen molar-refractivity contribution in [2.24, 2.45) is 5.92 Å². The van der Waals surface area contributed by atoms with Crippen LogP contribution < -0.4 is 10.1 Å². The van der Waals surface area contributed by atoms with E-state index in [9.17, 15) is 13.2 Å². The third-order valence-electron chi connectivity index (χ3n) is 4.32. The summed E-state index contributed by atoms with van der Waals surface area (Å²) in [4.78, 5) is 12.7. The number of amides is 1. The molecule has 2 rings (SSSR count). The Bertz CT molecular complexity index is 920. The van der Waals surface area contributed by atoms with E-state index in [0.29, 0.717) is 29.5 Å². The van der Waals surface area contributed by atoms with Gasteiger partial charge in [-0.15, -0.1) is 0 Å². The summed E-state index contributed by atoms with van der Waals surface area (Å²) in [6.45, 7) is 6.72. The van der Waals surface area contributed by atoms with Crippen molar-refractivity contribution in [2.45, 2.75) is 32.1 Å². The van der Waals surface area contributed by atoms with Crippen molar-refractivity contribution in [3.8, 4) is 5.75 Å². The van der Waals surface area contributed by atoms with E-state index in [-0.39, 0.29) is 10.8 Å². The molecular formula is C21H28N2O4S. The number of benzene rings is 2. The fraction of sp³-hybridized carbons (Fsp3) is 0.381. The molecule has 2 aromatic carbocycles. The third-order valence-corrected chi connectivity index (χ3v) is 6.13. The molecule has 7 heteroatoms. The Morgan fingerprint density at radius 2 is 1.75 bits per heavy atom. The molecule has 0 spiro atoms. The normalized spacial score (nSPS) is 11.7. The quantitative estimate of drug-likeness (QED) is 0.723. The van der Waals surface area contributed by atoms with E-state index in [4.69, 9.17) is 4.74 Å². The summed E-state index contributed by atoms with van der Waals surface area (Å²) in [5, 5.41) is 2.79. The highest BCUT2D eigenvalue weighted by Crippen LogP contribution is 2.23. The molecule has 0 fully saturated rings. The largest absolute Gasteiger partial charge is 0.494 e. The minimum absolute atomic E-state index is 0.132. The molecule has 0 saturated carbocycles. The van der Waals surface area contributed by atoms with Crippen LogP contribution in [0.1, 0.15) is 36.2 Å². The molecule has 0 unspecified atom stereocenters. The topological polar surface area (TPSA) is 75.7 Å². The van der Waals surface area contributed by atoms with Crippen molar-refractivity contribution in [1.82, 2.24) is 4.31 Å². The maximum Gasteiger partial charge on any atom is 0.255 e. The van der Waals surface area contributed by atoms with Crippen molar-refractivity contribution in [3.05, 3.63) is 53.6 Å². The fourth-order valence-corrected chi connectivity index (χ4v) is 3.34. The van der Waals surface area contributed by atoms with Gasteiger partial charge < -0.3 is 10.1 Å². The van der Waals surface area contributed by atoms with Crippen LogP contribution in [-0.2, 0) is 10.0 Å². The van der Waals surface area contributed by atoms with Crippen molar-refractivity contribution in [2.75, 3.05) is 26.0 Å². The van der Waals surface area contributed by atoms with Gasteiger partial charge in [-0.2, -0.15) is 0 Å². The molecule has 0 saturated heterocycles. The summed E-state index contributed by atoms with van der Waals surface area (Å²) in [7, 11) is -0.631. The molecule has 0 heterocycles. The van der Waals surface area contributed by atoms with Gasteiger partial charge in [0.15, 0.2) is 0 Å². The number of rotatable bonds is 8. The average Bonchev–Trinajstić information content (AvgIpc) is 2.63. The zero-order chi connectivity index (χ0) is 20.9. The molecule has 152 valence electrons. The lowest BCUT2D eigenvalue weighted by Gasteiger charge is -2.14. The first-order valence-corrected chi connectivity index (χ1v) is 10.6. The van der Waals surface area contributed by atoms with E-state index in [1.54, 1.807) is 30.3 Å². The van der Waals surface area contributed by atoms with Crippen LogP contribution in [0.15, 0.2) is 47.4 Å². The highest BCUT2D eigenvalue weighted by atomic mass is 32.2. The van der Waals surface area contributed by atoms with Crippen LogP contribution in [0.3, 0.4) is 0 Å². The average molecular weight is 405 g/mol. The predicted molar refractivity (Wildman–Crippen MR) is 111 cm³/mol. The smallest absolute Gasteiger partial charge is 0.255 e. The second-order valence-corrected chi connectivity index (χ2v) is 9.43. The Morgan fingerprint density at radius 1 is 1.11 bits per heavy atom. The van der Waals surface area contributed by atoms with Gasteiger partial charge in [-0.3, -0.25) is 4.79 Å². The Kier molecular flexibility index (Phi) is 7.21. The Morgan fingerprint density at radius 3 is 2.32 bits per heavy atom. The van der Waals surface area contributed by atoms with Gasteiger partial charge in [-0.25, -0.2) is 12.7 Å². The minimum Gasteiger partial charge on any atom is -0.494 e. The standard InChI is InChI=1S/C21H28N2O4S/c1-15(2)12-13-27-18-9-7-17(8-10-18)21(24)22-20-14-19(11-6-16(20)3)28(25,26)23(4)5/h6-11,14-15H,12-13H2,1-5H3,(H,22,24). The maximum atomic E-state index is 12.6. The lowest BCUT2D eigenvalue weighted by Crippen LogP contribution is -2.22. The van der Waals surface area contributed by atoms with E-state index < -0.39 is 10.0 Å². The number of hydrogen-bond acceptors (Lipinski definition) is 4. The summed E-state index contributed by atoms with van der Waals surface area (Å²) in [5.41, 5.74) is 1.71. The maximum absolute atomic E-state index is 12.6. The van der Waals surface area contributed by atoms with Crippen LogP contribution in [0.25, 0.3) is 0 Å². The van der Waals surface area contributed by atoms with E-state index in [0.717, 1.165) is 16.3 Å². The predicted octanol–water partition coefficient (Wildman–Crippen LogP) is 3.92. The Labute approximate surface area is 167 Å². The molecule has 28 heavy (non-hydrogen) atoms. The van der Waals surface area contributed by atoms with Crippen LogP contribution in [-0.4, -0.2) is 39.3 Å². The Balaban J connectivity index is 2.12. The van der Waals surface area contributed by atoms with Crippen LogP contribution in [0.5, 0.6) is 5.75 Å². The van der Waals surface area contributed by atoms with Gasteiger partial charge in [-0.05, 0) is 61.2 Å². The zero-order valence-electron chi connectivity index (χ0n) is 17.0. The summed E-state index contributed by atoms with van der Waals surface area (Å²) in [6.07, 6.45) is 0.966. The molecule has 1 amide bonds. The number of anilines is 1. The highest BCUT2D eigenvalue weighted by molar-refractivity contribution is 7.89. The molecule has 2 aromatic rings. The second-order valence-electron chi connectivity index (χ2n) is 7.27. The first-order valence-electron chi connectivity index (χ1n) is 9.18. The van der Waals surface area contributed by atoms with Crippen molar-refractivity contribution >= 4 is 21.6 Å². The van der Waals surface area contributed by atoms with Crippen LogP contribution in [0.2, 0.25) is 0 Å². The number of ether oxygens (including phenoxy) is 1. The van der Waals surface area contributed by atoms with Crippen LogP contribution in [0.4, 0.5) is 5.69 Å². The number of carbonyl (C=O) groups excluding carboxylic acids is 1. The molecule has 1 N–H and O–H groups in total. The van der Waals surface area contributed by atoms with Gasteiger partial charge in [0.1, 0.15) is 5.75 Å². The van der Waals surface area contributed by atoms with E-state index >= 15 is 0 Å². The second kappa shape index (κ2) is 9.21. The molecule has 0 atom stereocenters. The fourth-order valence-electron chi connectivity index (χ4n) is 2.42. The molecule has 0 radical (unpaired) electrons. The summed E-state index contributed by atoms with van der Waals surface area (Å²) in [6, 6.07) is 11.6. The van der Waals surface area contributed by atoms with E-state index in [2.05, 4.69) is 19.2 Å². The number of carbonyl (C=O) groups is 1. The molecule has 0 aromatic heterocycles. The van der Waals surface area contributed by atoms with Crippen LogP contribution in [0, 0.1) is 12.8 Å². The summed E-state index contributed by atoms with van der Waals surface area (Å²) >= 11 is 0. The Hall–Kier alpha value is -2.38. The first-order chi connectivity index (χ1) is 13.1. The molecule has 0 aliphatic rings. The SMILES string of the molecule is Cc1ccc(S(=O)(=O)N(C)C)cc1NC(=O)c1ccc(OCCC(C)C)cc1. The molecule has 0 aliphatic heterocycles. The lowest BCUT2D eigenvalue weighted by atomic mass is 10.1. The third kappa shape index (κ3) is 5.56. The minimum atomic E-state index is -3.57. The van der Waals surface area contributed by atoms with Gasteiger partial charge in [0.25, 0.3) is 5.91 Å². The van der Waals surface area contributed by atoms with Crippen molar-refractivity contribution in [3.63, 3.8) is 0 Å². The van der Waals surface area contributed by atoms with Gasteiger partial charge in [-0.1, -0.05) is 19.9 Å². The zero-order valence-corrected chi connectivity index (χ0v) is 17.8. The van der Waals surface area contributed by atoms with E-state index in [1.807, 2.05) is 6.92 Å². The molecule has 0 aliphatic carbocycles. The lowest BCUT2D eigenvalue weighted by molar-refractivity contribution is 0.102. The number of nitrogens with one attached hydrogen (secondary N) is 1. The highest BCUT2D eigenvalue weighted by Gasteiger charge is 2.19. The van der Waals surface area contributed by atoms with Crippen molar-refractivity contribution in [1.29, 1.82) is 0 Å². The number of nitrogens with zero attached hydrogens (tertiary/aromatic N) is 1. The number of sulfonamides is 1. The molecular weight excluding hydrogens is 376 g/mol. The first kappa shape index (κ1) is 21.9. The van der Waals surface area contributed by atoms with Gasteiger partial charge >= 0.3 is 0 Å². The number of aryl methyl sites for hydroxylation is 1. The van der Waals surface area contributed by atoms with Crippen molar-refractivity contribution < 1.29 is 17.9 Å².